The molecule has 0 aromatic heterocycles. The molecule has 0 aliphatic carbocycles. The van der Waals surface area contributed by atoms with Crippen LogP contribution in [-0.2, 0) is 9.53 Å². The number of carbonyl (C=O) groups excluding carboxylic acids is 1. The normalized spacial score (nSPS) is 12.6. The summed E-state index contributed by atoms with van der Waals surface area (Å²) in [6, 6.07) is 0. The van der Waals surface area contributed by atoms with Gasteiger partial charge in [0.25, 0.3) is 0 Å². The van der Waals surface area contributed by atoms with E-state index in [2.05, 4.69) is 27.5 Å². The van der Waals surface area contributed by atoms with Gasteiger partial charge in [-0.15, -0.1) is 0 Å². The summed E-state index contributed by atoms with van der Waals surface area (Å²) in [4.78, 5) is 11.0. The number of nitrogens with zero attached hydrogens (tertiary/aromatic N) is 1. The van der Waals surface area contributed by atoms with E-state index in [4.69, 9.17) is 4.74 Å². The molecule has 0 radical (unpaired) electrons. The van der Waals surface area contributed by atoms with Crippen LogP contribution < -0.4 is 17.0 Å². The zero-order valence-corrected chi connectivity index (χ0v) is 11.0. The lowest BCUT2D eigenvalue weighted by Crippen LogP contribution is -3.00. The summed E-state index contributed by atoms with van der Waals surface area (Å²) in [6.07, 6.45) is 1.09. The Hall–Kier alpha value is -0.350. The van der Waals surface area contributed by atoms with Crippen molar-refractivity contribution in [2.75, 3.05) is 20.1 Å². The van der Waals surface area contributed by atoms with Gasteiger partial charge in [-0.05, 0) is 13.8 Å². The van der Waals surface area contributed by atoms with Crippen molar-refractivity contribution in [2.24, 2.45) is 0 Å². The first-order valence-electron chi connectivity index (χ1n) is 4.67. The smallest absolute Gasteiger partial charge is 0.334 e. The molecule has 0 aromatic carbocycles. The highest BCUT2D eigenvalue weighted by Crippen LogP contribution is 2.10. The molecule has 0 bridgehead atoms. The predicted molar refractivity (Wildman–Crippen MR) is 53.0 cm³/mol. The van der Waals surface area contributed by atoms with Gasteiger partial charge in [-0.25, -0.2) is 4.79 Å². The molecule has 0 saturated heterocycles. The molecule has 0 aliphatic heterocycles. The summed E-state index contributed by atoms with van der Waals surface area (Å²) >= 11 is 0. The number of quaternary nitrogens is 1. The Morgan fingerprint density at radius 1 is 1.50 bits per heavy atom. The molecule has 84 valence electrons. The fraction of sp³-hybridized carbons (Fsp3) is 0.700. The Balaban J connectivity index is 0. The highest BCUT2D eigenvalue weighted by Gasteiger charge is 2.27. The number of hydrogen-bond donors (Lipinski definition) is 0. The number of halogens is 1. The molecule has 0 rings (SSSR count). The fourth-order valence-electron chi connectivity index (χ4n) is 1.08. The average Bonchev–Trinajstić information content (AvgIpc) is 2.16. The van der Waals surface area contributed by atoms with Crippen molar-refractivity contribution < 1.29 is 31.0 Å². The lowest BCUT2D eigenvalue weighted by molar-refractivity contribution is -0.947. The molecule has 1 atom stereocenters. The van der Waals surface area contributed by atoms with E-state index in [0.29, 0.717) is 0 Å². The number of esters is 1. The van der Waals surface area contributed by atoms with Gasteiger partial charge in [-0.1, -0.05) is 6.58 Å². The minimum absolute atomic E-state index is 0. The van der Waals surface area contributed by atoms with Crippen LogP contribution in [0.3, 0.4) is 0 Å². The first kappa shape index (κ1) is 16.1. The molecule has 3 nitrogen and oxygen atoms in total. The maximum atomic E-state index is 11.0. The summed E-state index contributed by atoms with van der Waals surface area (Å²) < 4.78 is 5.90. The van der Waals surface area contributed by atoms with Gasteiger partial charge in [0.15, 0.2) is 0 Å². The fourth-order valence-corrected chi connectivity index (χ4v) is 1.08. The second kappa shape index (κ2) is 7.01. The van der Waals surface area contributed by atoms with Crippen molar-refractivity contribution in [1.82, 2.24) is 0 Å². The molecule has 14 heavy (non-hydrogen) atoms. The van der Waals surface area contributed by atoms with Crippen molar-refractivity contribution >= 4 is 5.97 Å². The lowest BCUT2D eigenvalue weighted by atomic mass is 10.3. The number of rotatable bonds is 5. The van der Waals surface area contributed by atoms with Crippen LogP contribution in [0.1, 0.15) is 20.8 Å². The number of carbonyl (C=O) groups is 1. The Morgan fingerprint density at radius 3 is 2.21 bits per heavy atom. The zero-order valence-electron chi connectivity index (χ0n) is 9.42. The van der Waals surface area contributed by atoms with Crippen molar-refractivity contribution in [1.29, 1.82) is 0 Å². The average molecular weight is 266 g/mol. The van der Waals surface area contributed by atoms with Crippen LogP contribution in [-0.4, -0.2) is 36.8 Å². The van der Waals surface area contributed by atoms with Gasteiger partial charge >= 0.3 is 5.97 Å². The van der Waals surface area contributed by atoms with E-state index < -0.39 is 0 Å². The molecule has 0 fully saturated rings. The maximum Gasteiger partial charge on any atom is 0.334 e. The molecule has 0 amide bonds. The van der Waals surface area contributed by atoms with Crippen LogP contribution in [0.5, 0.6) is 0 Å². The standard InChI is InChI=1S/C10H20NO2.BrH/c1-6-10(12)13-9(4)11(5,7-2)8-3;/h6,9H,1,7-8H2,2-5H3;1H/q+1;/p-1. The molecular weight excluding hydrogens is 246 g/mol. The van der Waals surface area contributed by atoms with Crippen molar-refractivity contribution in [3.8, 4) is 0 Å². The molecular formula is C10H20BrNO2. The van der Waals surface area contributed by atoms with E-state index in [0.717, 1.165) is 17.6 Å². The second-order valence-corrected chi connectivity index (χ2v) is 3.35. The first-order chi connectivity index (χ1) is 6.00. The van der Waals surface area contributed by atoms with E-state index in [-0.39, 0.29) is 29.2 Å². The van der Waals surface area contributed by atoms with Gasteiger partial charge in [0.2, 0.25) is 6.23 Å². The third-order valence-corrected chi connectivity index (χ3v) is 2.78. The molecule has 1 unspecified atom stereocenters. The summed E-state index contributed by atoms with van der Waals surface area (Å²) in [5, 5.41) is 0. The Morgan fingerprint density at radius 2 is 1.93 bits per heavy atom. The second-order valence-electron chi connectivity index (χ2n) is 3.35. The van der Waals surface area contributed by atoms with Crippen LogP contribution in [0.15, 0.2) is 12.7 Å². The molecule has 0 aromatic rings. The van der Waals surface area contributed by atoms with Crippen LogP contribution in [0.2, 0.25) is 0 Å². The summed E-state index contributed by atoms with van der Waals surface area (Å²) in [7, 11) is 2.07. The van der Waals surface area contributed by atoms with Gasteiger partial charge in [0.1, 0.15) is 0 Å². The topological polar surface area (TPSA) is 26.3 Å². The molecule has 0 spiro atoms. The van der Waals surface area contributed by atoms with Gasteiger partial charge in [-0.2, -0.15) is 0 Å². The van der Waals surface area contributed by atoms with Crippen LogP contribution in [0, 0.1) is 0 Å². The summed E-state index contributed by atoms with van der Waals surface area (Å²) in [5.41, 5.74) is 0. The van der Waals surface area contributed by atoms with E-state index >= 15 is 0 Å². The number of ether oxygens (including phenoxy) is 1. The van der Waals surface area contributed by atoms with E-state index in [1.54, 1.807) is 0 Å². The van der Waals surface area contributed by atoms with Crippen LogP contribution >= 0.6 is 0 Å². The van der Waals surface area contributed by atoms with Crippen LogP contribution in [0.4, 0.5) is 0 Å². The van der Waals surface area contributed by atoms with Crippen LogP contribution in [0.25, 0.3) is 0 Å². The summed E-state index contributed by atoms with van der Waals surface area (Å²) in [6.45, 7) is 11.3. The number of hydrogen-bond acceptors (Lipinski definition) is 2. The van der Waals surface area contributed by atoms with Crippen molar-refractivity contribution in [2.45, 2.75) is 27.0 Å². The van der Waals surface area contributed by atoms with Gasteiger partial charge in [0.05, 0.1) is 20.1 Å². The lowest BCUT2D eigenvalue weighted by Gasteiger charge is -2.36. The minimum atomic E-state index is -0.348. The van der Waals surface area contributed by atoms with E-state index in [9.17, 15) is 4.79 Å². The van der Waals surface area contributed by atoms with E-state index in [1.807, 2.05) is 6.92 Å². The van der Waals surface area contributed by atoms with Gasteiger partial charge < -0.3 is 21.7 Å². The highest BCUT2D eigenvalue weighted by molar-refractivity contribution is 5.81. The Labute approximate surface area is 97.1 Å². The zero-order chi connectivity index (χ0) is 10.5. The van der Waals surface area contributed by atoms with Gasteiger partial charge in [0, 0.05) is 13.0 Å². The third-order valence-electron chi connectivity index (χ3n) is 2.78. The maximum absolute atomic E-state index is 11.0. The van der Waals surface area contributed by atoms with Crippen molar-refractivity contribution in [3.63, 3.8) is 0 Å². The summed E-state index contributed by atoms with van der Waals surface area (Å²) in [5.74, 6) is -0.348. The third kappa shape index (κ3) is 4.24. The van der Waals surface area contributed by atoms with E-state index in [1.165, 1.54) is 6.08 Å². The molecule has 0 aliphatic rings. The SMILES string of the molecule is C=CC(=O)OC(C)[N+](C)(CC)CC.[Br-]. The van der Waals surface area contributed by atoms with Gasteiger partial charge in [-0.3, -0.25) is 4.48 Å². The Kier molecular flexibility index (Phi) is 8.06. The highest BCUT2D eigenvalue weighted by atomic mass is 79.9. The quantitative estimate of drug-likeness (QED) is 0.263. The largest absolute Gasteiger partial charge is 1.00 e. The molecule has 0 N–H and O–H groups in total. The van der Waals surface area contributed by atoms with Crippen molar-refractivity contribution in [3.05, 3.63) is 12.7 Å². The molecule has 0 heterocycles. The molecule has 4 heteroatoms. The predicted octanol–water partition coefficient (Wildman–Crippen LogP) is -1.45. The Bertz CT molecular complexity index is 191. The molecule has 0 saturated carbocycles. The first-order valence-corrected chi connectivity index (χ1v) is 4.67. The minimum Gasteiger partial charge on any atom is -1.00 e. The monoisotopic (exact) mass is 265 g/mol.